The molecule has 0 amide bonds. The molecule has 1 aromatic heterocycles. The Hall–Kier alpha value is -1.55. The van der Waals surface area contributed by atoms with E-state index < -0.39 is 0 Å². The molecule has 0 aliphatic heterocycles. The van der Waals surface area contributed by atoms with E-state index in [1.807, 2.05) is 24.3 Å². The molecule has 2 aromatic rings. The molecule has 0 atom stereocenters. The van der Waals surface area contributed by atoms with Gasteiger partial charge in [0.2, 0.25) is 0 Å². The van der Waals surface area contributed by atoms with Crippen LogP contribution >= 0.6 is 11.3 Å². The van der Waals surface area contributed by atoms with Crippen molar-refractivity contribution >= 4 is 16.3 Å². The highest BCUT2D eigenvalue weighted by atomic mass is 32.1. The minimum Gasteiger partial charge on any atom is -0.494 e. The summed E-state index contributed by atoms with van der Waals surface area (Å²) in [5, 5.41) is 1.84. The Bertz CT molecular complexity index is 567. The largest absolute Gasteiger partial charge is 0.494 e. The van der Waals surface area contributed by atoms with Crippen molar-refractivity contribution in [2.45, 2.75) is 39.5 Å². The van der Waals surface area contributed by atoms with Crippen LogP contribution in [0.2, 0.25) is 0 Å². The van der Waals surface area contributed by atoms with E-state index >= 15 is 0 Å². The van der Waals surface area contributed by atoms with Gasteiger partial charge in [0.15, 0.2) is 0 Å². The molecular weight excluding hydrogens is 268 g/mol. The number of nitrogen functional groups attached to an aromatic ring is 1. The molecule has 0 aliphatic rings. The standard InChI is InChI=1S/C16H22N2OS/c1-5-10-19-12-8-6-11(7-9-12)13-14(17)20-15(18-13)16(2,3)4/h6-9H,5,10,17H2,1-4H3. The van der Waals surface area contributed by atoms with Gasteiger partial charge in [0, 0.05) is 11.0 Å². The van der Waals surface area contributed by atoms with Crippen LogP contribution in [0, 0.1) is 0 Å². The molecule has 0 fully saturated rings. The molecule has 2 rings (SSSR count). The molecule has 0 aliphatic carbocycles. The number of benzene rings is 1. The third kappa shape index (κ3) is 3.31. The zero-order valence-corrected chi connectivity index (χ0v) is 13.4. The normalized spacial score (nSPS) is 11.6. The van der Waals surface area contributed by atoms with Crippen molar-refractivity contribution in [1.82, 2.24) is 4.98 Å². The summed E-state index contributed by atoms with van der Waals surface area (Å²) in [5.74, 6) is 0.889. The van der Waals surface area contributed by atoms with Gasteiger partial charge in [-0.2, -0.15) is 0 Å². The quantitative estimate of drug-likeness (QED) is 0.903. The van der Waals surface area contributed by atoms with Crippen LogP contribution < -0.4 is 10.5 Å². The Balaban J connectivity index is 2.25. The SMILES string of the molecule is CCCOc1ccc(-c2nc(C(C)(C)C)sc2N)cc1. The zero-order valence-electron chi connectivity index (χ0n) is 12.6. The maximum Gasteiger partial charge on any atom is 0.119 e. The summed E-state index contributed by atoms with van der Waals surface area (Å²) in [5.41, 5.74) is 8.06. The summed E-state index contributed by atoms with van der Waals surface area (Å²) in [7, 11) is 0. The van der Waals surface area contributed by atoms with E-state index in [1.54, 1.807) is 11.3 Å². The summed E-state index contributed by atoms with van der Waals surface area (Å²) >= 11 is 1.57. The summed E-state index contributed by atoms with van der Waals surface area (Å²) in [6.45, 7) is 9.29. The van der Waals surface area contributed by atoms with Crippen molar-refractivity contribution < 1.29 is 4.74 Å². The first-order valence-electron chi connectivity index (χ1n) is 6.92. The van der Waals surface area contributed by atoms with Crippen LogP contribution in [-0.4, -0.2) is 11.6 Å². The lowest BCUT2D eigenvalue weighted by Gasteiger charge is -2.13. The summed E-state index contributed by atoms with van der Waals surface area (Å²) < 4.78 is 5.59. The maximum atomic E-state index is 6.11. The Morgan fingerprint density at radius 1 is 1.20 bits per heavy atom. The van der Waals surface area contributed by atoms with Crippen molar-refractivity contribution in [2.75, 3.05) is 12.3 Å². The topological polar surface area (TPSA) is 48.1 Å². The molecule has 0 spiro atoms. The first-order chi connectivity index (χ1) is 9.41. The van der Waals surface area contributed by atoms with E-state index in [-0.39, 0.29) is 5.41 Å². The van der Waals surface area contributed by atoms with Crippen molar-refractivity contribution in [3.8, 4) is 17.0 Å². The van der Waals surface area contributed by atoms with Gasteiger partial charge in [-0.3, -0.25) is 0 Å². The first kappa shape index (κ1) is 14.9. The number of nitrogens with zero attached hydrogens (tertiary/aromatic N) is 1. The number of rotatable bonds is 4. The van der Waals surface area contributed by atoms with E-state index in [4.69, 9.17) is 15.5 Å². The minimum absolute atomic E-state index is 0.0290. The van der Waals surface area contributed by atoms with E-state index in [2.05, 4.69) is 27.7 Å². The van der Waals surface area contributed by atoms with Crippen LogP contribution in [0.5, 0.6) is 5.75 Å². The summed E-state index contributed by atoms with van der Waals surface area (Å²) in [4.78, 5) is 4.70. The van der Waals surface area contributed by atoms with Crippen LogP contribution in [-0.2, 0) is 5.41 Å². The van der Waals surface area contributed by atoms with Gasteiger partial charge < -0.3 is 10.5 Å². The molecule has 0 saturated heterocycles. The summed E-state index contributed by atoms with van der Waals surface area (Å²) in [6.07, 6.45) is 1.01. The number of nitrogens with two attached hydrogens (primary N) is 1. The highest BCUT2D eigenvalue weighted by Gasteiger charge is 2.21. The molecule has 0 saturated carbocycles. The van der Waals surface area contributed by atoms with Crippen molar-refractivity contribution in [3.63, 3.8) is 0 Å². The van der Waals surface area contributed by atoms with E-state index in [0.29, 0.717) is 0 Å². The molecular formula is C16H22N2OS. The number of thiazole rings is 1. The molecule has 20 heavy (non-hydrogen) atoms. The van der Waals surface area contributed by atoms with Gasteiger partial charge in [0.05, 0.1) is 6.61 Å². The number of ether oxygens (including phenoxy) is 1. The van der Waals surface area contributed by atoms with Crippen molar-refractivity contribution in [1.29, 1.82) is 0 Å². The number of hydrogen-bond donors (Lipinski definition) is 1. The Morgan fingerprint density at radius 2 is 1.85 bits per heavy atom. The molecule has 1 heterocycles. The monoisotopic (exact) mass is 290 g/mol. The van der Waals surface area contributed by atoms with Gasteiger partial charge >= 0.3 is 0 Å². The molecule has 0 radical (unpaired) electrons. The Kier molecular flexibility index (Phi) is 4.33. The van der Waals surface area contributed by atoms with Crippen LogP contribution in [0.15, 0.2) is 24.3 Å². The fourth-order valence-electron chi connectivity index (χ4n) is 1.79. The molecule has 3 nitrogen and oxygen atoms in total. The van der Waals surface area contributed by atoms with Crippen molar-refractivity contribution in [3.05, 3.63) is 29.3 Å². The number of aromatic nitrogens is 1. The zero-order chi connectivity index (χ0) is 14.8. The lowest BCUT2D eigenvalue weighted by molar-refractivity contribution is 0.317. The lowest BCUT2D eigenvalue weighted by Crippen LogP contribution is -2.10. The fourth-order valence-corrected chi connectivity index (χ4v) is 2.70. The average molecular weight is 290 g/mol. The second kappa shape index (κ2) is 5.83. The highest BCUT2D eigenvalue weighted by Crippen LogP contribution is 2.36. The summed E-state index contributed by atoms with van der Waals surface area (Å²) in [6, 6.07) is 7.98. The van der Waals surface area contributed by atoms with Gasteiger partial charge in [-0.1, -0.05) is 27.7 Å². The van der Waals surface area contributed by atoms with Gasteiger partial charge in [0.1, 0.15) is 21.5 Å². The molecule has 0 unspecified atom stereocenters. The maximum absolute atomic E-state index is 6.11. The van der Waals surface area contributed by atoms with Crippen LogP contribution in [0.3, 0.4) is 0 Å². The van der Waals surface area contributed by atoms with Crippen LogP contribution in [0.4, 0.5) is 5.00 Å². The molecule has 4 heteroatoms. The second-order valence-corrected chi connectivity index (χ2v) is 6.89. The number of hydrogen-bond acceptors (Lipinski definition) is 4. The Labute approximate surface area is 124 Å². The van der Waals surface area contributed by atoms with Gasteiger partial charge in [-0.25, -0.2) is 4.98 Å². The molecule has 1 aromatic carbocycles. The van der Waals surface area contributed by atoms with E-state index in [0.717, 1.165) is 40.0 Å². The van der Waals surface area contributed by atoms with E-state index in [9.17, 15) is 0 Å². The third-order valence-electron chi connectivity index (χ3n) is 2.90. The van der Waals surface area contributed by atoms with Gasteiger partial charge in [-0.05, 0) is 30.7 Å². The minimum atomic E-state index is 0.0290. The first-order valence-corrected chi connectivity index (χ1v) is 7.73. The number of anilines is 1. The van der Waals surface area contributed by atoms with Gasteiger partial charge in [0.25, 0.3) is 0 Å². The highest BCUT2D eigenvalue weighted by molar-refractivity contribution is 7.16. The fraction of sp³-hybridized carbons (Fsp3) is 0.438. The van der Waals surface area contributed by atoms with Crippen LogP contribution in [0.1, 0.15) is 39.1 Å². The second-order valence-electron chi connectivity index (χ2n) is 5.85. The molecule has 108 valence electrons. The smallest absolute Gasteiger partial charge is 0.119 e. The lowest BCUT2D eigenvalue weighted by atomic mass is 9.98. The van der Waals surface area contributed by atoms with Crippen LogP contribution in [0.25, 0.3) is 11.3 Å². The predicted octanol–water partition coefficient (Wildman–Crippen LogP) is 4.48. The Morgan fingerprint density at radius 3 is 2.35 bits per heavy atom. The molecule has 2 N–H and O–H groups in total. The van der Waals surface area contributed by atoms with Crippen molar-refractivity contribution in [2.24, 2.45) is 0 Å². The average Bonchev–Trinajstić information content (AvgIpc) is 2.79. The van der Waals surface area contributed by atoms with Gasteiger partial charge in [-0.15, -0.1) is 11.3 Å². The predicted molar refractivity (Wildman–Crippen MR) is 86.4 cm³/mol. The molecule has 0 bridgehead atoms. The third-order valence-corrected chi connectivity index (χ3v) is 4.21. The van der Waals surface area contributed by atoms with E-state index in [1.165, 1.54) is 0 Å².